The molecule has 1 aliphatic rings. The number of piperazine rings is 1. The van der Waals surface area contributed by atoms with Gasteiger partial charge in [0.2, 0.25) is 0 Å². The molecule has 0 N–H and O–H groups in total. The summed E-state index contributed by atoms with van der Waals surface area (Å²) in [5.41, 5.74) is 0.155. The average Bonchev–Trinajstić information content (AvgIpc) is 2.48. The normalized spacial score (nSPS) is 16.3. The molecular formula is C16H22FN3O3. The molecule has 0 spiro atoms. The molecule has 1 saturated heterocycles. The fourth-order valence-electron chi connectivity index (χ4n) is 2.40. The van der Waals surface area contributed by atoms with Crippen LogP contribution in [0.2, 0.25) is 0 Å². The number of amides is 1. The van der Waals surface area contributed by atoms with Gasteiger partial charge in [-0.05, 0) is 43.6 Å². The lowest BCUT2D eigenvalue weighted by atomic mass is 10.1. The molecule has 1 heterocycles. The maximum absolute atomic E-state index is 13.3. The van der Waals surface area contributed by atoms with Crippen LogP contribution in [0.25, 0.3) is 0 Å². The van der Waals surface area contributed by atoms with Gasteiger partial charge in [-0.25, -0.2) is 9.18 Å². The van der Waals surface area contributed by atoms with Crippen molar-refractivity contribution < 1.29 is 13.9 Å². The number of nitrogens with zero attached hydrogens (tertiary/aromatic N) is 3. The van der Waals surface area contributed by atoms with Crippen LogP contribution in [0.5, 0.6) is 0 Å². The van der Waals surface area contributed by atoms with Crippen molar-refractivity contribution in [1.29, 1.82) is 0 Å². The molecule has 126 valence electrons. The van der Waals surface area contributed by atoms with E-state index >= 15 is 0 Å². The van der Waals surface area contributed by atoms with Crippen LogP contribution in [-0.4, -0.2) is 47.7 Å². The Bertz CT molecular complexity index is 578. The molecule has 0 aromatic heterocycles. The van der Waals surface area contributed by atoms with E-state index in [9.17, 15) is 14.1 Å². The van der Waals surface area contributed by atoms with Gasteiger partial charge in [-0.15, -0.1) is 4.91 Å². The number of rotatable bonds is 3. The first-order valence-corrected chi connectivity index (χ1v) is 7.60. The Morgan fingerprint density at radius 2 is 1.91 bits per heavy atom. The maximum atomic E-state index is 13.3. The van der Waals surface area contributed by atoms with Gasteiger partial charge in [0, 0.05) is 32.7 Å². The Kier molecular flexibility index (Phi) is 5.30. The average molecular weight is 323 g/mol. The predicted molar refractivity (Wildman–Crippen MR) is 84.9 cm³/mol. The van der Waals surface area contributed by atoms with Gasteiger partial charge in [-0.2, -0.15) is 0 Å². The second-order valence-electron chi connectivity index (χ2n) is 6.62. The summed E-state index contributed by atoms with van der Waals surface area (Å²) in [6.45, 7) is 8.66. The number of carbonyl (C=O) groups excluding carboxylic acids is 1. The van der Waals surface area contributed by atoms with E-state index in [1.54, 1.807) is 11.0 Å². The molecule has 0 atom stereocenters. The Labute approximate surface area is 135 Å². The number of hydrogen-bond acceptors (Lipinski definition) is 5. The van der Waals surface area contributed by atoms with Crippen molar-refractivity contribution >= 4 is 11.8 Å². The Balaban J connectivity index is 1.87. The summed E-state index contributed by atoms with van der Waals surface area (Å²) >= 11 is 0. The van der Waals surface area contributed by atoms with Crippen molar-refractivity contribution in [1.82, 2.24) is 9.80 Å². The second kappa shape index (κ2) is 7.04. The zero-order chi connectivity index (χ0) is 17.0. The summed E-state index contributed by atoms with van der Waals surface area (Å²) in [7, 11) is 0. The summed E-state index contributed by atoms with van der Waals surface area (Å²) in [5, 5.41) is 2.68. The van der Waals surface area contributed by atoms with Crippen LogP contribution >= 0.6 is 0 Å². The largest absolute Gasteiger partial charge is 0.444 e. The highest BCUT2D eigenvalue weighted by Gasteiger charge is 2.25. The van der Waals surface area contributed by atoms with Gasteiger partial charge in [0.05, 0.1) is 0 Å². The van der Waals surface area contributed by atoms with Crippen LogP contribution in [-0.2, 0) is 11.3 Å². The van der Waals surface area contributed by atoms with Crippen molar-refractivity contribution in [3.8, 4) is 0 Å². The molecule has 0 bridgehead atoms. The molecule has 1 fully saturated rings. The molecule has 0 unspecified atom stereocenters. The summed E-state index contributed by atoms with van der Waals surface area (Å²) < 4.78 is 18.6. The lowest BCUT2D eigenvalue weighted by Gasteiger charge is -2.35. The van der Waals surface area contributed by atoms with Crippen LogP contribution in [0.4, 0.5) is 14.9 Å². The van der Waals surface area contributed by atoms with Crippen molar-refractivity contribution in [3.05, 3.63) is 34.5 Å². The van der Waals surface area contributed by atoms with E-state index < -0.39 is 11.4 Å². The second-order valence-corrected chi connectivity index (χ2v) is 6.62. The monoisotopic (exact) mass is 323 g/mol. The van der Waals surface area contributed by atoms with E-state index in [4.69, 9.17) is 4.74 Å². The molecule has 1 aromatic rings. The molecule has 1 aromatic carbocycles. The van der Waals surface area contributed by atoms with E-state index in [1.807, 2.05) is 20.8 Å². The molecule has 1 aliphatic heterocycles. The van der Waals surface area contributed by atoms with Gasteiger partial charge in [-0.3, -0.25) is 4.90 Å². The number of hydrogen-bond donors (Lipinski definition) is 0. The highest BCUT2D eigenvalue weighted by atomic mass is 19.1. The molecule has 0 aliphatic carbocycles. The standard InChI is InChI=1S/C16H22FN3O3/c1-16(2,3)23-15(21)20-8-6-19(7-9-20)11-12-4-5-13(17)14(10-12)18-22/h4-5,10H,6-9,11H2,1-3H3. The van der Waals surface area contributed by atoms with E-state index in [1.165, 1.54) is 12.1 Å². The van der Waals surface area contributed by atoms with Crippen molar-refractivity contribution in [2.75, 3.05) is 26.2 Å². The number of nitroso groups, excluding NO2 is 1. The zero-order valence-corrected chi connectivity index (χ0v) is 13.7. The first-order chi connectivity index (χ1) is 10.8. The zero-order valence-electron chi connectivity index (χ0n) is 13.7. The number of carbonyl (C=O) groups is 1. The number of benzene rings is 1. The van der Waals surface area contributed by atoms with Gasteiger partial charge in [0.25, 0.3) is 0 Å². The minimum Gasteiger partial charge on any atom is -0.444 e. The summed E-state index contributed by atoms with van der Waals surface area (Å²) in [4.78, 5) is 26.4. The van der Waals surface area contributed by atoms with E-state index in [2.05, 4.69) is 10.1 Å². The van der Waals surface area contributed by atoms with Crippen LogP contribution in [0.1, 0.15) is 26.3 Å². The van der Waals surface area contributed by atoms with Crippen LogP contribution in [0, 0.1) is 10.7 Å². The van der Waals surface area contributed by atoms with E-state index in [0.29, 0.717) is 32.7 Å². The topological polar surface area (TPSA) is 62.2 Å². The Hall–Kier alpha value is -2.02. The molecule has 23 heavy (non-hydrogen) atoms. The van der Waals surface area contributed by atoms with Crippen LogP contribution in [0.3, 0.4) is 0 Å². The number of ether oxygens (including phenoxy) is 1. The third kappa shape index (κ3) is 4.99. The lowest BCUT2D eigenvalue weighted by molar-refractivity contribution is 0.0139. The molecule has 1 amide bonds. The molecule has 6 nitrogen and oxygen atoms in total. The third-order valence-corrected chi connectivity index (χ3v) is 3.54. The fraction of sp³-hybridized carbons (Fsp3) is 0.562. The highest BCUT2D eigenvalue weighted by Crippen LogP contribution is 2.20. The van der Waals surface area contributed by atoms with Gasteiger partial charge in [-0.1, -0.05) is 6.07 Å². The SMILES string of the molecule is CC(C)(C)OC(=O)N1CCN(Cc2ccc(F)c(N=O)c2)CC1. The Morgan fingerprint density at radius 3 is 2.48 bits per heavy atom. The summed E-state index contributed by atoms with van der Waals surface area (Å²) in [5.74, 6) is -0.613. The minimum absolute atomic E-state index is 0.171. The quantitative estimate of drug-likeness (QED) is 0.801. The first-order valence-electron chi connectivity index (χ1n) is 7.60. The molecule has 7 heteroatoms. The molecule has 0 radical (unpaired) electrons. The van der Waals surface area contributed by atoms with Gasteiger partial charge >= 0.3 is 6.09 Å². The highest BCUT2D eigenvalue weighted by molar-refractivity contribution is 5.68. The summed E-state index contributed by atoms with van der Waals surface area (Å²) in [6.07, 6.45) is -0.300. The minimum atomic E-state index is -0.613. The first kappa shape index (κ1) is 17.3. The smallest absolute Gasteiger partial charge is 0.410 e. The van der Waals surface area contributed by atoms with Crippen molar-refractivity contribution in [3.63, 3.8) is 0 Å². The van der Waals surface area contributed by atoms with E-state index in [0.717, 1.165) is 5.56 Å². The van der Waals surface area contributed by atoms with Crippen LogP contribution < -0.4 is 0 Å². The van der Waals surface area contributed by atoms with Crippen molar-refractivity contribution in [2.45, 2.75) is 32.9 Å². The maximum Gasteiger partial charge on any atom is 0.410 e. The van der Waals surface area contributed by atoms with Gasteiger partial charge in [0.1, 0.15) is 11.3 Å². The van der Waals surface area contributed by atoms with Crippen LogP contribution in [0.15, 0.2) is 23.4 Å². The Morgan fingerprint density at radius 1 is 1.26 bits per heavy atom. The molecular weight excluding hydrogens is 301 g/mol. The third-order valence-electron chi connectivity index (χ3n) is 3.54. The van der Waals surface area contributed by atoms with Gasteiger partial charge in [0.15, 0.2) is 5.82 Å². The molecule has 2 rings (SSSR count). The van der Waals surface area contributed by atoms with E-state index in [-0.39, 0.29) is 11.8 Å². The van der Waals surface area contributed by atoms with Gasteiger partial charge < -0.3 is 9.64 Å². The lowest BCUT2D eigenvalue weighted by Crippen LogP contribution is -2.49. The predicted octanol–water partition coefficient (Wildman–Crippen LogP) is 3.28. The molecule has 0 saturated carbocycles. The van der Waals surface area contributed by atoms with Crippen molar-refractivity contribution in [2.24, 2.45) is 5.18 Å². The fourth-order valence-corrected chi connectivity index (χ4v) is 2.40. The number of halogens is 1. The summed E-state index contributed by atoms with van der Waals surface area (Å²) in [6, 6.07) is 4.36.